The molecule has 21 heavy (non-hydrogen) atoms. The average Bonchev–Trinajstić information content (AvgIpc) is 2.73. The molecule has 112 valence electrons. The largest absolute Gasteiger partial charge is 0.329 e. The minimum atomic E-state index is -3.94. The van der Waals surface area contributed by atoms with Crippen molar-refractivity contribution in [1.29, 1.82) is 0 Å². The topological polar surface area (TPSA) is 95.1 Å². The summed E-state index contributed by atoms with van der Waals surface area (Å²) in [5, 5.41) is 11.0. The summed E-state index contributed by atoms with van der Waals surface area (Å²) < 4.78 is 23.9. The van der Waals surface area contributed by atoms with E-state index in [2.05, 4.69) is 4.98 Å². The number of hydrogen-bond donors (Lipinski definition) is 0. The van der Waals surface area contributed by atoms with Crippen molar-refractivity contribution < 1.29 is 13.3 Å². The first kappa shape index (κ1) is 15.7. The Kier molecular flexibility index (Phi) is 4.22. The number of hydrogen-bond acceptors (Lipinski definition) is 5. The standard InChI is InChI=1S/C11H9Cl2N3O4S/c1-7-14-11(21(13,19)20)6-15(7)5-8-2-3-9(12)4-10(8)16(17)18/h2-4,6H,5H2,1H3. The lowest BCUT2D eigenvalue weighted by Crippen LogP contribution is -2.04. The maximum atomic E-state index is 11.2. The molecule has 0 aliphatic heterocycles. The fraction of sp³-hybridized carbons (Fsp3) is 0.182. The molecule has 0 bridgehead atoms. The van der Waals surface area contributed by atoms with Gasteiger partial charge in [-0.05, 0) is 19.1 Å². The summed E-state index contributed by atoms with van der Waals surface area (Å²) >= 11 is 5.74. The Morgan fingerprint density at radius 1 is 1.43 bits per heavy atom. The van der Waals surface area contributed by atoms with Crippen LogP contribution >= 0.6 is 22.3 Å². The number of nitro benzene ring substituents is 1. The number of nitro groups is 1. The van der Waals surface area contributed by atoms with Crippen LogP contribution in [0.2, 0.25) is 5.02 Å². The van der Waals surface area contributed by atoms with Crippen LogP contribution in [0.25, 0.3) is 0 Å². The lowest BCUT2D eigenvalue weighted by Gasteiger charge is -2.06. The van der Waals surface area contributed by atoms with Crippen LogP contribution in [-0.2, 0) is 15.6 Å². The second kappa shape index (κ2) is 5.63. The van der Waals surface area contributed by atoms with Crippen molar-refractivity contribution in [2.45, 2.75) is 18.5 Å². The first-order valence-corrected chi connectivity index (χ1v) is 8.28. The van der Waals surface area contributed by atoms with Gasteiger partial charge in [0.1, 0.15) is 5.82 Å². The van der Waals surface area contributed by atoms with Gasteiger partial charge in [0, 0.05) is 33.5 Å². The molecule has 2 aromatic rings. The van der Waals surface area contributed by atoms with E-state index >= 15 is 0 Å². The zero-order chi connectivity index (χ0) is 15.8. The van der Waals surface area contributed by atoms with Crippen LogP contribution in [-0.4, -0.2) is 22.9 Å². The van der Waals surface area contributed by atoms with E-state index in [1.165, 1.54) is 29.0 Å². The van der Waals surface area contributed by atoms with Gasteiger partial charge >= 0.3 is 0 Å². The van der Waals surface area contributed by atoms with Crippen LogP contribution < -0.4 is 0 Å². The molecule has 0 radical (unpaired) electrons. The molecule has 7 nitrogen and oxygen atoms in total. The van der Waals surface area contributed by atoms with E-state index in [-0.39, 0.29) is 22.3 Å². The maximum Gasteiger partial charge on any atom is 0.280 e. The van der Waals surface area contributed by atoms with Gasteiger partial charge in [-0.3, -0.25) is 10.1 Å². The molecule has 1 heterocycles. The second-order valence-electron chi connectivity index (χ2n) is 4.22. The van der Waals surface area contributed by atoms with Gasteiger partial charge in [0.15, 0.2) is 5.03 Å². The average molecular weight is 350 g/mol. The normalized spacial score (nSPS) is 11.6. The zero-order valence-corrected chi connectivity index (χ0v) is 13.0. The van der Waals surface area contributed by atoms with E-state index in [0.717, 1.165) is 0 Å². The molecule has 0 saturated heterocycles. The van der Waals surface area contributed by atoms with Crippen molar-refractivity contribution in [2.24, 2.45) is 0 Å². The number of benzene rings is 1. The molecule has 0 saturated carbocycles. The third kappa shape index (κ3) is 3.52. The highest BCUT2D eigenvalue weighted by atomic mass is 35.7. The molecular formula is C11H9Cl2N3O4S. The summed E-state index contributed by atoms with van der Waals surface area (Å²) in [4.78, 5) is 14.3. The van der Waals surface area contributed by atoms with Crippen molar-refractivity contribution in [3.63, 3.8) is 0 Å². The molecule has 0 fully saturated rings. The predicted molar refractivity (Wildman–Crippen MR) is 77.2 cm³/mol. The van der Waals surface area contributed by atoms with Gasteiger partial charge in [0.05, 0.1) is 11.5 Å². The van der Waals surface area contributed by atoms with Gasteiger partial charge in [-0.1, -0.05) is 11.6 Å². The second-order valence-corrected chi connectivity index (χ2v) is 7.17. The number of imidazole rings is 1. The summed E-state index contributed by atoms with van der Waals surface area (Å²) in [6.45, 7) is 1.66. The smallest absolute Gasteiger partial charge is 0.280 e. The van der Waals surface area contributed by atoms with Crippen molar-refractivity contribution in [2.75, 3.05) is 0 Å². The SMILES string of the molecule is Cc1nc(S(=O)(=O)Cl)cn1Cc1ccc(Cl)cc1[N+](=O)[O-]. The van der Waals surface area contributed by atoms with E-state index in [9.17, 15) is 18.5 Å². The van der Waals surface area contributed by atoms with Crippen molar-refractivity contribution in [1.82, 2.24) is 9.55 Å². The zero-order valence-electron chi connectivity index (χ0n) is 10.7. The fourth-order valence-corrected chi connectivity index (χ4v) is 2.66. The van der Waals surface area contributed by atoms with Gasteiger partial charge < -0.3 is 4.57 Å². The number of nitrogens with zero attached hydrogens (tertiary/aromatic N) is 3. The predicted octanol–water partition coefficient (Wildman–Crippen LogP) is 2.73. The first-order chi connectivity index (χ1) is 9.68. The van der Waals surface area contributed by atoms with E-state index in [4.69, 9.17) is 22.3 Å². The summed E-state index contributed by atoms with van der Waals surface area (Å²) in [5.74, 6) is 0.374. The lowest BCUT2D eigenvalue weighted by atomic mass is 10.2. The highest BCUT2D eigenvalue weighted by Gasteiger charge is 2.19. The van der Waals surface area contributed by atoms with Gasteiger partial charge in [-0.2, -0.15) is 0 Å². The van der Waals surface area contributed by atoms with E-state index in [0.29, 0.717) is 11.4 Å². The van der Waals surface area contributed by atoms with Crippen LogP contribution in [0.3, 0.4) is 0 Å². The van der Waals surface area contributed by atoms with Crippen LogP contribution in [0.15, 0.2) is 29.4 Å². The highest BCUT2D eigenvalue weighted by molar-refractivity contribution is 8.13. The molecule has 0 atom stereocenters. The van der Waals surface area contributed by atoms with Crippen molar-refractivity contribution in [3.05, 3.63) is 50.9 Å². The minimum absolute atomic E-state index is 0.0821. The highest BCUT2D eigenvalue weighted by Crippen LogP contribution is 2.25. The Bertz CT molecular complexity index is 817. The van der Waals surface area contributed by atoms with Gasteiger partial charge in [-0.25, -0.2) is 13.4 Å². The molecule has 0 aliphatic carbocycles. The van der Waals surface area contributed by atoms with Crippen molar-refractivity contribution >= 4 is 37.0 Å². The molecule has 10 heteroatoms. The summed E-state index contributed by atoms with van der Waals surface area (Å²) in [6.07, 6.45) is 1.23. The Labute approximate surface area is 129 Å². The molecule has 0 N–H and O–H groups in total. The molecule has 1 aromatic heterocycles. The molecular weight excluding hydrogens is 341 g/mol. The van der Waals surface area contributed by atoms with Crippen LogP contribution in [0.4, 0.5) is 5.69 Å². The molecule has 0 spiro atoms. The Morgan fingerprint density at radius 2 is 2.10 bits per heavy atom. The third-order valence-electron chi connectivity index (χ3n) is 2.79. The Hall–Kier alpha value is -1.64. The van der Waals surface area contributed by atoms with E-state index in [1.807, 2.05) is 0 Å². The van der Waals surface area contributed by atoms with Crippen molar-refractivity contribution in [3.8, 4) is 0 Å². The van der Waals surface area contributed by atoms with E-state index in [1.54, 1.807) is 6.92 Å². The number of halogens is 2. The summed E-state index contributed by atoms with van der Waals surface area (Å²) in [7, 11) is 1.28. The Balaban J connectivity index is 2.44. The monoisotopic (exact) mass is 349 g/mol. The van der Waals surface area contributed by atoms with Crippen LogP contribution in [0, 0.1) is 17.0 Å². The number of aromatic nitrogens is 2. The van der Waals surface area contributed by atoms with Gasteiger partial charge in [0.2, 0.25) is 0 Å². The van der Waals surface area contributed by atoms with Gasteiger partial charge in [0.25, 0.3) is 14.7 Å². The lowest BCUT2D eigenvalue weighted by molar-refractivity contribution is -0.385. The van der Waals surface area contributed by atoms with Crippen LogP contribution in [0.1, 0.15) is 11.4 Å². The first-order valence-electron chi connectivity index (χ1n) is 5.60. The Morgan fingerprint density at radius 3 is 2.62 bits per heavy atom. The quantitative estimate of drug-likeness (QED) is 0.480. The summed E-state index contributed by atoms with van der Waals surface area (Å²) in [5.41, 5.74) is 0.231. The fourth-order valence-electron chi connectivity index (χ4n) is 1.78. The maximum absolute atomic E-state index is 11.2. The molecule has 0 unspecified atom stereocenters. The number of aryl methyl sites for hydroxylation is 1. The minimum Gasteiger partial charge on any atom is -0.329 e. The molecule has 2 rings (SSSR count). The third-order valence-corrected chi connectivity index (χ3v) is 4.19. The van der Waals surface area contributed by atoms with Crippen LogP contribution in [0.5, 0.6) is 0 Å². The van der Waals surface area contributed by atoms with Gasteiger partial charge in [-0.15, -0.1) is 0 Å². The molecule has 0 amide bonds. The van der Waals surface area contributed by atoms with E-state index < -0.39 is 14.0 Å². The number of rotatable bonds is 4. The molecule has 0 aliphatic rings. The molecule has 1 aromatic carbocycles. The summed E-state index contributed by atoms with van der Waals surface area (Å²) in [6, 6.07) is 4.27.